The molecule has 10 heteroatoms. The molecule has 2 aromatic heterocycles. The molecule has 4 rings (SSSR count). The first-order valence-electron chi connectivity index (χ1n) is 9.99. The minimum atomic E-state index is -3.60. The second-order valence-electron chi connectivity index (χ2n) is 7.87. The van der Waals surface area contributed by atoms with Crippen LogP contribution in [-0.2, 0) is 10.0 Å². The number of rotatable bonds is 5. The van der Waals surface area contributed by atoms with E-state index in [0.717, 1.165) is 6.42 Å². The fourth-order valence-electron chi connectivity index (χ4n) is 3.77. The van der Waals surface area contributed by atoms with Gasteiger partial charge in [-0.2, -0.15) is 4.31 Å². The molecule has 2 atom stereocenters. The van der Waals surface area contributed by atoms with Crippen LogP contribution in [0.4, 0.5) is 6.01 Å². The lowest BCUT2D eigenvalue weighted by molar-refractivity contribution is 0.102. The van der Waals surface area contributed by atoms with Crippen LogP contribution in [0, 0.1) is 11.8 Å². The third-order valence-electron chi connectivity index (χ3n) is 5.12. The highest BCUT2D eigenvalue weighted by Gasteiger charge is 2.31. The molecule has 9 nitrogen and oxygen atoms in total. The van der Waals surface area contributed by atoms with Crippen molar-refractivity contribution in [1.82, 2.24) is 19.5 Å². The van der Waals surface area contributed by atoms with E-state index >= 15 is 0 Å². The van der Waals surface area contributed by atoms with Gasteiger partial charge in [0.05, 0.1) is 4.90 Å². The summed E-state index contributed by atoms with van der Waals surface area (Å²) in [5.74, 6) is 0.325. The zero-order chi connectivity index (χ0) is 22.0. The maximum Gasteiger partial charge on any atom is 0.322 e. The van der Waals surface area contributed by atoms with Crippen LogP contribution in [0.5, 0.6) is 0 Å². The van der Waals surface area contributed by atoms with Crippen LogP contribution in [0.1, 0.15) is 30.6 Å². The standard InChI is InChI=1S/C21H23N5O4S/c1-14-11-15(2)13-26(12-14)31(28,29)17-8-6-16(7-9-17)19(27)23-21-25-24-20(30-21)18-5-3-4-10-22-18/h3-10,14-15H,11-13H2,1-2H3,(H,23,25,27)/t14-,15-/m1/s1. The lowest BCUT2D eigenvalue weighted by Crippen LogP contribution is -2.42. The minimum absolute atomic E-state index is 0.0707. The summed E-state index contributed by atoms with van der Waals surface area (Å²) in [5.41, 5.74) is 0.767. The van der Waals surface area contributed by atoms with Crippen molar-refractivity contribution in [2.75, 3.05) is 18.4 Å². The largest absolute Gasteiger partial charge is 0.401 e. The lowest BCUT2D eigenvalue weighted by Gasteiger charge is -2.34. The summed E-state index contributed by atoms with van der Waals surface area (Å²) in [6.45, 7) is 5.13. The molecule has 0 aliphatic carbocycles. The zero-order valence-corrected chi connectivity index (χ0v) is 18.0. The molecular weight excluding hydrogens is 418 g/mol. The molecule has 1 aliphatic rings. The predicted octanol–water partition coefficient (Wildman–Crippen LogP) is 3.05. The third-order valence-corrected chi connectivity index (χ3v) is 6.96. The second-order valence-corrected chi connectivity index (χ2v) is 9.81. The molecule has 31 heavy (non-hydrogen) atoms. The van der Waals surface area contributed by atoms with Crippen molar-refractivity contribution in [2.24, 2.45) is 11.8 Å². The molecular formula is C21H23N5O4S. The molecule has 1 fully saturated rings. The molecule has 0 saturated carbocycles. The summed E-state index contributed by atoms with van der Waals surface area (Å²) in [5, 5.41) is 10.2. The number of benzene rings is 1. The topological polar surface area (TPSA) is 118 Å². The molecule has 1 aliphatic heterocycles. The number of carbonyl (C=O) groups is 1. The number of nitrogens with zero attached hydrogens (tertiary/aromatic N) is 4. The van der Waals surface area contributed by atoms with Gasteiger partial charge in [-0.25, -0.2) is 8.42 Å². The molecule has 1 aromatic carbocycles. The number of aromatic nitrogens is 3. The van der Waals surface area contributed by atoms with Gasteiger partial charge >= 0.3 is 6.01 Å². The number of pyridine rings is 1. The van der Waals surface area contributed by atoms with Crippen molar-refractivity contribution in [3.8, 4) is 11.6 Å². The number of nitrogens with one attached hydrogen (secondary N) is 1. The Bertz CT molecular complexity index is 1150. The molecule has 1 amide bonds. The van der Waals surface area contributed by atoms with E-state index in [4.69, 9.17) is 4.42 Å². The van der Waals surface area contributed by atoms with Gasteiger partial charge in [-0.05, 0) is 54.7 Å². The average Bonchev–Trinajstić information content (AvgIpc) is 3.22. The van der Waals surface area contributed by atoms with Crippen LogP contribution in [-0.4, -0.2) is 46.9 Å². The fourth-order valence-corrected chi connectivity index (χ4v) is 5.44. The molecule has 1 N–H and O–H groups in total. The van der Waals surface area contributed by atoms with Gasteiger partial charge in [-0.3, -0.25) is 15.1 Å². The van der Waals surface area contributed by atoms with E-state index in [-0.39, 0.29) is 22.4 Å². The van der Waals surface area contributed by atoms with Gasteiger partial charge in [-0.1, -0.05) is 25.0 Å². The maximum atomic E-state index is 13.0. The van der Waals surface area contributed by atoms with E-state index in [0.29, 0.717) is 30.6 Å². The molecule has 0 unspecified atom stereocenters. The molecule has 3 heterocycles. The Morgan fingerprint density at radius 2 is 1.77 bits per heavy atom. The molecule has 0 bridgehead atoms. The van der Waals surface area contributed by atoms with Crippen molar-refractivity contribution in [2.45, 2.75) is 25.2 Å². The Morgan fingerprint density at radius 1 is 1.06 bits per heavy atom. The SMILES string of the molecule is C[C@@H]1C[C@@H](C)CN(S(=O)(=O)c2ccc(C(=O)Nc3nnc(-c4ccccn4)o3)cc2)C1. The van der Waals surface area contributed by atoms with Crippen molar-refractivity contribution in [3.05, 3.63) is 54.2 Å². The summed E-state index contributed by atoms with van der Waals surface area (Å²) in [6.07, 6.45) is 2.61. The van der Waals surface area contributed by atoms with Gasteiger partial charge < -0.3 is 4.42 Å². The first kappa shape index (κ1) is 21.1. The van der Waals surface area contributed by atoms with Gasteiger partial charge in [0.2, 0.25) is 10.0 Å². The van der Waals surface area contributed by atoms with Crippen LogP contribution in [0.3, 0.4) is 0 Å². The summed E-state index contributed by atoms with van der Waals surface area (Å²) in [4.78, 5) is 16.8. The number of piperidine rings is 1. The minimum Gasteiger partial charge on any atom is -0.401 e. The second kappa shape index (κ2) is 8.56. The number of anilines is 1. The van der Waals surface area contributed by atoms with E-state index in [2.05, 4.69) is 34.3 Å². The Hall–Kier alpha value is -3.11. The Kier molecular flexibility index (Phi) is 5.84. The first-order valence-corrected chi connectivity index (χ1v) is 11.4. The van der Waals surface area contributed by atoms with Gasteiger partial charge in [0.15, 0.2) is 0 Å². The maximum absolute atomic E-state index is 13.0. The zero-order valence-electron chi connectivity index (χ0n) is 17.2. The molecule has 1 saturated heterocycles. The quantitative estimate of drug-likeness (QED) is 0.646. The van der Waals surface area contributed by atoms with Crippen LogP contribution in [0.2, 0.25) is 0 Å². The number of sulfonamides is 1. The molecule has 3 aromatic rings. The van der Waals surface area contributed by atoms with Gasteiger partial charge in [0.25, 0.3) is 11.8 Å². The van der Waals surface area contributed by atoms with Crippen LogP contribution in [0.15, 0.2) is 58.0 Å². The highest BCUT2D eigenvalue weighted by Crippen LogP contribution is 2.27. The fraction of sp³-hybridized carbons (Fsp3) is 0.333. The normalized spacial score (nSPS) is 19.8. The Morgan fingerprint density at radius 3 is 2.42 bits per heavy atom. The van der Waals surface area contributed by atoms with Crippen molar-refractivity contribution in [3.63, 3.8) is 0 Å². The molecule has 0 spiro atoms. The predicted molar refractivity (Wildman–Crippen MR) is 114 cm³/mol. The number of hydrogen-bond acceptors (Lipinski definition) is 7. The average molecular weight is 442 g/mol. The smallest absolute Gasteiger partial charge is 0.322 e. The molecule has 0 radical (unpaired) electrons. The highest BCUT2D eigenvalue weighted by atomic mass is 32.2. The van der Waals surface area contributed by atoms with Crippen molar-refractivity contribution in [1.29, 1.82) is 0 Å². The third kappa shape index (κ3) is 4.64. The first-order chi connectivity index (χ1) is 14.8. The van der Waals surface area contributed by atoms with E-state index in [9.17, 15) is 13.2 Å². The summed E-state index contributed by atoms with van der Waals surface area (Å²) < 4.78 is 32.9. The van der Waals surface area contributed by atoms with Gasteiger partial charge in [0.1, 0.15) is 5.69 Å². The summed E-state index contributed by atoms with van der Waals surface area (Å²) >= 11 is 0. The summed E-state index contributed by atoms with van der Waals surface area (Å²) in [6, 6.07) is 11.0. The number of hydrogen-bond donors (Lipinski definition) is 1. The Balaban J connectivity index is 1.45. The van der Waals surface area contributed by atoms with Gasteiger partial charge in [-0.15, -0.1) is 5.10 Å². The highest BCUT2D eigenvalue weighted by molar-refractivity contribution is 7.89. The number of amides is 1. The van der Waals surface area contributed by atoms with E-state index in [1.807, 2.05) is 0 Å². The number of carbonyl (C=O) groups excluding carboxylic acids is 1. The van der Waals surface area contributed by atoms with E-state index < -0.39 is 15.9 Å². The van der Waals surface area contributed by atoms with Gasteiger partial charge in [0, 0.05) is 24.8 Å². The van der Waals surface area contributed by atoms with Crippen molar-refractivity contribution >= 4 is 21.9 Å². The van der Waals surface area contributed by atoms with Crippen LogP contribution < -0.4 is 5.32 Å². The lowest BCUT2D eigenvalue weighted by atomic mass is 9.94. The van der Waals surface area contributed by atoms with Crippen LogP contribution >= 0.6 is 0 Å². The monoisotopic (exact) mass is 441 g/mol. The van der Waals surface area contributed by atoms with E-state index in [1.54, 1.807) is 24.4 Å². The van der Waals surface area contributed by atoms with E-state index in [1.165, 1.54) is 28.6 Å². The van der Waals surface area contributed by atoms with Crippen LogP contribution in [0.25, 0.3) is 11.6 Å². The summed E-state index contributed by atoms with van der Waals surface area (Å²) in [7, 11) is -3.60. The Labute approximate surface area is 180 Å². The molecule has 162 valence electrons. The van der Waals surface area contributed by atoms with Crippen molar-refractivity contribution < 1.29 is 17.6 Å².